The fraction of sp³-hybridized carbons (Fsp3) is 0.400. The lowest BCUT2D eigenvalue weighted by molar-refractivity contribution is -0.138. The lowest BCUT2D eigenvalue weighted by atomic mass is 10.1. The third-order valence-electron chi connectivity index (χ3n) is 5.38. The van der Waals surface area contributed by atoms with Crippen molar-refractivity contribution < 1.29 is 26.5 Å². The van der Waals surface area contributed by atoms with Gasteiger partial charge in [0.15, 0.2) is 17.5 Å². The number of aromatic nitrogens is 3. The SMILES string of the molecule is CC#CC(CCCn1ccc2cc(-c3ncc(C(F)(F)F)cn3)c(F)c(F)c2c1=O)N[S+]([O-])C(C)(C)C. The number of hydrogen-bond donors (Lipinski definition) is 1. The molecule has 198 valence electrons. The predicted molar refractivity (Wildman–Crippen MR) is 132 cm³/mol. The maximum atomic E-state index is 15.0. The first kappa shape index (κ1) is 28.6. The maximum Gasteiger partial charge on any atom is 0.419 e. The molecule has 0 bridgehead atoms. The summed E-state index contributed by atoms with van der Waals surface area (Å²) in [5, 5.41) is -0.442. The number of rotatable bonds is 7. The lowest BCUT2D eigenvalue weighted by Crippen LogP contribution is -2.44. The molecule has 0 aliphatic carbocycles. The van der Waals surface area contributed by atoms with E-state index >= 15 is 0 Å². The van der Waals surface area contributed by atoms with Gasteiger partial charge in [-0.05, 0) is 58.1 Å². The van der Waals surface area contributed by atoms with Gasteiger partial charge in [0, 0.05) is 36.5 Å². The van der Waals surface area contributed by atoms with E-state index in [9.17, 15) is 31.3 Å². The van der Waals surface area contributed by atoms with Crippen molar-refractivity contribution in [3.63, 3.8) is 0 Å². The van der Waals surface area contributed by atoms with Crippen molar-refractivity contribution in [1.82, 2.24) is 19.3 Å². The van der Waals surface area contributed by atoms with Crippen LogP contribution >= 0.6 is 0 Å². The molecule has 6 nitrogen and oxygen atoms in total. The summed E-state index contributed by atoms with van der Waals surface area (Å²) in [5.41, 5.74) is -2.36. The van der Waals surface area contributed by atoms with Gasteiger partial charge in [0.1, 0.15) is 10.8 Å². The quantitative estimate of drug-likeness (QED) is 0.260. The summed E-state index contributed by atoms with van der Waals surface area (Å²) >= 11 is -1.35. The van der Waals surface area contributed by atoms with Gasteiger partial charge < -0.3 is 9.12 Å². The van der Waals surface area contributed by atoms with E-state index in [1.807, 2.05) is 20.8 Å². The van der Waals surface area contributed by atoms with Crippen molar-refractivity contribution in [3.05, 3.63) is 58.3 Å². The van der Waals surface area contributed by atoms with Crippen molar-refractivity contribution >= 4 is 22.1 Å². The highest BCUT2D eigenvalue weighted by molar-refractivity contribution is 7.90. The van der Waals surface area contributed by atoms with Gasteiger partial charge in [-0.3, -0.25) is 4.79 Å². The molecule has 0 amide bonds. The number of nitrogens with zero attached hydrogens (tertiary/aromatic N) is 3. The molecule has 12 heteroatoms. The van der Waals surface area contributed by atoms with E-state index in [1.54, 1.807) is 6.92 Å². The Balaban J connectivity index is 1.84. The Labute approximate surface area is 213 Å². The Morgan fingerprint density at radius 3 is 2.38 bits per heavy atom. The fourth-order valence-electron chi connectivity index (χ4n) is 3.43. The molecule has 1 aromatic carbocycles. The van der Waals surface area contributed by atoms with Crippen molar-refractivity contribution in [3.8, 4) is 23.2 Å². The van der Waals surface area contributed by atoms with Crippen LogP contribution in [0.2, 0.25) is 0 Å². The van der Waals surface area contributed by atoms with Crippen molar-refractivity contribution in [1.29, 1.82) is 0 Å². The van der Waals surface area contributed by atoms with Gasteiger partial charge >= 0.3 is 6.18 Å². The number of nitrogens with one attached hydrogen (secondary N) is 1. The average Bonchev–Trinajstić information content (AvgIpc) is 2.81. The Bertz CT molecular complexity index is 1390. The summed E-state index contributed by atoms with van der Waals surface area (Å²) in [6.45, 7) is 7.30. The minimum Gasteiger partial charge on any atom is -0.598 e. The first-order valence-electron chi connectivity index (χ1n) is 11.2. The van der Waals surface area contributed by atoms with Crippen LogP contribution in [0, 0.1) is 23.5 Å². The summed E-state index contributed by atoms with van der Waals surface area (Å²) in [7, 11) is 0. The molecule has 0 spiro atoms. The molecule has 37 heavy (non-hydrogen) atoms. The molecule has 0 saturated heterocycles. The normalized spacial score (nSPS) is 13.8. The van der Waals surface area contributed by atoms with Crippen molar-refractivity contribution in [2.45, 2.75) is 64.0 Å². The standard InChI is InChI=1S/C25H25F5N4O2S/c1-5-7-17(33-37(36)24(2,3)4)8-6-10-34-11-9-15-12-18(20(26)21(27)19(15)23(34)35)22-31-13-16(14-32-22)25(28,29)30/h9,11-14,17,33H,6,8,10H2,1-4H3. The van der Waals surface area contributed by atoms with E-state index in [0.29, 0.717) is 25.2 Å². The Morgan fingerprint density at radius 1 is 1.16 bits per heavy atom. The molecule has 0 aliphatic rings. The zero-order valence-electron chi connectivity index (χ0n) is 20.5. The van der Waals surface area contributed by atoms with Gasteiger partial charge in [-0.25, -0.2) is 18.7 Å². The number of fused-ring (bicyclic) bond motifs is 1. The zero-order chi connectivity index (χ0) is 27.5. The second-order valence-electron chi connectivity index (χ2n) is 9.21. The van der Waals surface area contributed by atoms with Gasteiger partial charge in [0.2, 0.25) is 0 Å². The van der Waals surface area contributed by atoms with E-state index in [0.717, 1.165) is 6.07 Å². The maximum absolute atomic E-state index is 15.0. The molecule has 2 aromatic heterocycles. The molecule has 0 radical (unpaired) electrons. The molecule has 2 atom stereocenters. The van der Waals surface area contributed by atoms with Gasteiger partial charge in [-0.15, -0.1) is 10.6 Å². The van der Waals surface area contributed by atoms with Crippen LogP contribution in [0.15, 0.2) is 35.5 Å². The molecule has 2 unspecified atom stereocenters. The van der Waals surface area contributed by atoms with E-state index in [4.69, 9.17) is 0 Å². The molecule has 0 saturated carbocycles. The third-order valence-corrected chi connectivity index (χ3v) is 6.99. The molecular weight excluding hydrogens is 515 g/mol. The van der Waals surface area contributed by atoms with Crippen molar-refractivity contribution in [2.75, 3.05) is 0 Å². The summed E-state index contributed by atoms with van der Waals surface area (Å²) < 4.78 is 84.2. The van der Waals surface area contributed by atoms with Crippen LogP contribution < -0.4 is 10.3 Å². The van der Waals surface area contributed by atoms with E-state index < -0.39 is 61.8 Å². The topological polar surface area (TPSA) is 82.9 Å². The summed E-state index contributed by atoms with van der Waals surface area (Å²) in [5.74, 6) is 2.40. The smallest absolute Gasteiger partial charge is 0.419 e. The van der Waals surface area contributed by atoms with Gasteiger partial charge in [-0.2, -0.15) is 13.2 Å². The molecule has 0 aliphatic heterocycles. The minimum absolute atomic E-state index is 0.0515. The average molecular weight is 541 g/mol. The van der Waals surface area contributed by atoms with Gasteiger partial charge in [0.05, 0.1) is 16.5 Å². The zero-order valence-corrected chi connectivity index (χ0v) is 21.4. The number of benzene rings is 1. The number of hydrogen-bond acceptors (Lipinski definition) is 5. The van der Waals surface area contributed by atoms with Crippen LogP contribution in [0.4, 0.5) is 22.0 Å². The second kappa shape index (κ2) is 11.2. The van der Waals surface area contributed by atoms with Crippen LogP contribution in [0.3, 0.4) is 0 Å². The summed E-state index contributed by atoms with van der Waals surface area (Å²) in [4.78, 5) is 19.9. The van der Waals surface area contributed by atoms with Crippen molar-refractivity contribution in [2.24, 2.45) is 0 Å². The Kier molecular flexibility index (Phi) is 8.62. The second-order valence-corrected chi connectivity index (χ2v) is 11.2. The molecule has 3 rings (SSSR count). The highest BCUT2D eigenvalue weighted by atomic mass is 32.2. The monoisotopic (exact) mass is 540 g/mol. The minimum atomic E-state index is -4.68. The van der Waals surface area contributed by atoms with Gasteiger partial charge in [0.25, 0.3) is 5.56 Å². The molecule has 2 heterocycles. The van der Waals surface area contributed by atoms with E-state index in [-0.39, 0.29) is 18.0 Å². The van der Waals surface area contributed by atoms with Gasteiger partial charge in [-0.1, -0.05) is 5.92 Å². The number of aryl methyl sites for hydroxylation is 1. The van der Waals surface area contributed by atoms with E-state index in [1.165, 1.54) is 16.8 Å². The lowest BCUT2D eigenvalue weighted by Gasteiger charge is -2.26. The molecule has 3 aromatic rings. The number of halogens is 5. The summed E-state index contributed by atoms with van der Waals surface area (Å²) in [6.07, 6.45) is -1.43. The van der Waals surface area contributed by atoms with Crippen LogP contribution in [0.25, 0.3) is 22.2 Å². The largest absolute Gasteiger partial charge is 0.598 e. The molecule has 1 N–H and O–H groups in total. The molecular formula is C25H25F5N4O2S. The highest BCUT2D eigenvalue weighted by Gasteiger charge is 2.32. The first-order chi connectivity index (χ1) is 17.2. The number of alkyl halides is 3. The third kappa shape index (κ3) is 6.66. The Morgan fingerprint density at radius 2 is 1.81 bits per heavy atom. The summed E-state index contributed by atoms with van der Waals surface area (Å²) in [6, 6.07) is 2.14. The molecule has 0 fully saturated rings. The first-order valence-corrected chi connectivity index (χ1v) is 12.4. The number of pyridine rings is 1. The highest BCUT2D eigenvalue weighted by Crippen LogP contribution is 2.31. The van der Waals surface area contributed by atoms with Crippen LogP contribution in [-0.2, 0) is 24.1 Å². The van der Waals surface area contributed by atoms with E-state index in [2.05, 4.69) is 26.5 Å². The predicted octanol–water partition coefficient (Wildman–Crippen LogP) is 4.98. The van der Waals surface area contributed by atoms with Crippen LogP contribution in [-0.4, -0.2) is 29.9 Å². The fourth-order valence-corrected chi connectivity index (χ4v) is 4.22. The Hall–Kier alpha value is -3.01. The van der Waals surface area contributed by atoms with Crippen LogP contribution in [0.1, 0.15) is 46.1 Å². The van der Waals surface area contributed by atoms with Crippen LogP contribution in [0.5, 0.6) is 0 Å².